The van der Waals surface area contributed by atoms with Crippen molar-refractivity contribution in [1.29, 1.82) is 5.26 Å². The Morgan fingerprint density at radius 2 is 2.04 bits per heavy atom. The Hall–Kier alpha value is -2.97. The molecule has 3 aromatic rings. The molecule has 5 heteroatoms. The summed E-state index contributed by atoms with van der Waals surface area (Å²) in [6, 6.07) is 16.2. The maximum absolute atomic E-state index is 12.4. The van der Waals surface area contributed by atoms with Gasteiger partial charge in [0.05, 0.1) is 28.0 Å². The fraction of sp³-hybridized carbons (Fsp3) is 0.0556. The third kappa shape index (κ3) is 3.28. The van der Waals surface area contributed by atoms with Crippen LogP contribution >= 0.6 is 11.3 Å². The number of nitriles is 1. The van der Waals surface area contributed by atoms with Crippen LogP contribution in [0.5, 0.6) is 0 Å². The zero-order chi connectivity index (χ0) is 16.2. The minimum Gasteiger partial charge on any atom is -0.321 e. The molecule has 1 heterocycles. The number of carbonyl (C=O) groups is 1. The van der Waals surface area contributed by atoms with Gasteiger partial charge < -0.3 is 5.32 Å². The van der Waals surface area contributed by atoms with E-state index in [0.717, 1.165) is 16.3 Å². The van der Waals surface area contributed by atoms with Crippen LogP contribution in [0, 0.1) is 18.3 Å². The average Bonchev–Trinajstić information content (AvgIpc) is 3.01. The largest absolute Gasteiger partial charge is 0.321 e. The zero-order valence-corrected chi connectivity index (χ0v) is 13.2. The monoisotopic (exact) mass is 319 g/mol. The van der Waals surface area contributed by atoms with E-state index in [1.54, 1.807) is 35.6 Å². The van der Waals surface area contributed by atoms with E-state index in [2.05, 4.69) is 10.3 Å². The zero-order valence-electron chi connectivity index (χ0n) is 12.4. The number of aromatic nitrogens is 1. The van der Waals surface area contributed by atoms with Crippen LogP contribution < -0.4 is 5.32 Å². The molecular formula is C18H13N3OS. The standard InChI is InChI=1S/C18H13N3OS/c1-12-20-17(11-23-12)15-7-2-3-8-16(15)21-18(22)14-6-4-5-13(9-14)10-19/h2-9,11H,1H3,(H,21,22). The number of aryl methyl sites for hydroxylation is 1. The second-order valence-electron chi connectivity index (χ2n) is 4.94. The normalized spacial score (nSPS) is 10.1. The quantitative estimate of drug-likeness (QED) is 0.785. The van der Waals surface area contributed by atoms with E-state index in [9.17, 15) is 4.79 Å². The highest BCUT2D eigenvalue weighted by Gasteiger charge is 2.12. The van der Waals surface area contributed by atoms with Crippen LogP contribution in [0.25, 0.3) is 11.3 Å². The summed E-state index contributed by atoms with van der Waals surface area (Å²) in [5.41, 5.74) is 3.33. The molecular weight excluding hydrogens is 306 g/mol. The first-order valence-corrected chi connectivity index (χ1v) is 7.88. The molecule has 0 atom stereocenters. The number of hydrogen-bond acceptors (Lipinski definition) is 4. The Morgan fingerprint density at radius 3 is 2.78 bits per heavy atom. The molecule has 0 spiro atoms. The van der Waals surface area contributed by atoms with Gasteiger partial charge in [0.25, 0.3) is 5.91 Å². The number of benzene rings is 2. The van der Waals surface area contributed by atoms with E-state index in [1.165, 1.54) is 0 Å². The Morgan fingerprint density at radius 1 is 1.22 bits per heavy atom. The van der Waals surface area contributed by atoms with Gasteiger partial charge in [-0.3, -0.25) is 4.79 Å². The molecule has 3 rings (SSSR count). The molecule has 0 saturated heterocycles. The van der Waals surface area contributed by atoms with Crippen LogP contribution in [0.1, 0.15) is 20.9 Å². The second-order valence-corrected chi connectivity index (χ2v) is 6.01. The molecule has 0 aliphatic carbocycles. The van der Waals surface area contributed by atoms with E-state index in [1.807, 2.05) is 42.6 Å². The Kier molecular flexibility index (Phi) is 4.18. The molecule has 112 valence electrons. The van der Waals surface area contributed by atoms with Gasteiger partial charge in [-0.2, -0.15) is 5.26 Å². The van der Waals surface area contributed by atoms with Crippen molar-refractivity contribution in [2.45, 2.75) is 6.92 Å². The fourth-order valence-corrected chi connectivity index (χ4v) is 2.84. The van der Waals surface area contributed by atoms with Crippen molar-refractivity contribution >= 4 is 22.9 Å². The number of anilines is 1. The molecule has 4 nitrogen and oxygen atoms in total. The Bertz CT molecular complexity index is 908. The summed E-state index contributed by atoms with van der Waals surface area (Å²) in [6.07, 6.45) is 0. The molecule has 2 aromatic carbocycles. The third-order valence-corrected chi connectivity index (χ3v) is 4.10. The molecule has 0 radical (unpaired) electrons. The van der Waals surface area contributed by atoms with Crippen LogP contribution in [0.2, 0.25) is 0 Å². The van der Waals surface area contributed by atoms with Crippen LogP contribution in [0.4, 0.5) is 5.69 Å². The van der Waals surface area contributed by atoms with Gasteiger partial charge in [-0.05, 0) is 31.2 Å². The summed E-state index contributed by atoms with van der Waals surface area (Å²) in [5.74, 6) is -0.249. The number of para-hydroxylation sites is 1. The predicted octanol–water partition coefficient (Wildman–Crippen LogP) is 4.24. The molecule has 1 amide bonds. The Labute approximate surface area is 138 Å². The molecule has 0 aliphatic rings. The molecule has 1 aromatic heterocycles. The predicted molar refractivity (Wildman–Crippen MR) is 91.4 cm³/mol. The molecule has 0 fully saturated rings. The summed E-state index contributed by atoms with van der Waals surface area (Å²) >= 11 is 1.57. The summed E-state index contributed by atoms with van der Waals surface area (Å²) in [6.45, 7) is 1.95. The van der Waals surface area contributed by atoms with E-state index in [0.29, 0.717) is 16.8 Å². The number of hydrogen-bond donors (Lipinski definition) is 1. The van der Waals surface area contributed by atoms with Crippen molar-refractivity contribution in [3.63, 3.8) is 0 Å². The smallest absolute Gasteiger partial charge is 0.255 e. The van der Waals surface area contributed by atoms with Gasteiger partial charge in [0, 0.05) is 16.5 Å². The van der Waals surface area contributed by atoms with Gasteiger partial charge >= 0.3 is 0 Å². The van der Waals surface area contributed by atoms with Gasteiger partial charge in [-0.15, -0.1) is 11.3 Å². The first kappa shape index (κ1) is 14.9. The van der Waals surface area contributed by atoms with Gasteiger partial charge in [0.1, 0.15) is 0 Å². The van der Waals surface area contributed by atoms with Gasteiger partial charge in [0.2, 0.25) is 0 Å². The number of rotatable bonds is 3. The summed E-state index contributed by atoms with van der Waals surface area (Å²) in [5, 5.41) is 14.8. The molecule has 23 heavy (non-hydrogen) atoms. The molecule has 0 aliphatic heterocycles. The highest BCUT2D eigenvalue weighted by molar-refractivity contribution is 7.09. The van der Waals surface area contributed by atoms with Gasteiger partial charge in [0.15, 0.2) is 0 Å². The SMILES string of the molecule is Cc1nc(-c2ccccc2NC(=O)c2cccc(C#N)c2)cs1. The van der Waals surface area contributed by atoms with Crippen LogP contribution in [-0.4, -0.2) is 10.9 Å². The third-order valence-electron chi connectivity index (χ3n) is 3.32. The first-order valence-electron chi connectivity index (χ1n) is 7.00. The maximum atomic E-state index is 12.4. The number of thiazole rings is 1. The highest BCUT2D eigenvalue weighted by atomic mass is 32.1. The first-order chi connectivity index (χ1) is 11.2. The minimum atomic E-state index is -0.249. The molecule has 0 saturated carbocycles. The number of nitrogens with zero attached hydrogens (tertiary/aromatic N) is 2. The lowest BCUT2D eigenvalue weighted by Gasteiger charge is -2.09. The lowest BCUT2D eigenvalue weighted by Crippen LogP contribution is -2.12. The van der Waals surface area contributed by atoms with Gasteiger partial charge in [-0.25, -0.2) is 4.98 Å². The number of carbonyl (C=O) groups excluding carboxylic acids is 1. The number of amides is 1. The lowest BCUT2D eigenvalue weighted by molar-refractivity contribution is 0.102. The lowest BCUT2D eigenvalue weighted by atomic mass is 10.1. The summed E-state index contributed by atoms with van der Waals surface area (Å²) in [4.78, 5) is 16.9. The van der Waals surface area contributed by atoms with Crippen molar-refractivity contribution < 1.29 is 4.79 Å². The topological polar surface area (TPSA) is 65.8 Å². The maximum Gasteiger partial charge on any atom is 0.255 e. The van der Waals surface area contributed by atoms with Crippen molar-refractivity contribution in [1.82, 2.24) is 4.98 Å². The van der Waals surface area contributed by atoms with Crippen LogP contribution in [0.15, 0.2) is 53.9 Å². The molecule has 1 N–H and O–H groups in total. The molecule has 0 unspecified atom stereocenters. The van der Waals surface area contributed by atoms with Crippen LogP contribution in [0.3, 0.4) is 0 Å². The van der Waals surface area contributed by atoms with Crippen molar-refractivity contribution in [2.24, 2.45) is 0 Å². The second kappa shape index (κ2) is 6.42. The van der Waals surface area contributed by atoms with E-state index >= 15 is 0 Å². The minimum absolute atomic E-state index is 0.249. The fourth-order valence-electron chi connectivity index (χ4n) is 2.23. The summed E-state index contributed by atoms with van der Waals surface area (Å²) in [7, 11) is 0. The van der Waals surface area contributed by atoms with Gasteiger partial charge in [-0.1, -0.05) is 24.3 Å². The van der Waals surface area contributed by atoms with Crippen molar-refractivity contribution in [2.75, 3.05) is 5.32 Å². The van der Waals surface area contributed by atoms with Crippen molar-refractivity contribution in [3.8, 4) is 17.3 Å². The van der Waals surface area contributed by atoms with Crippen molar-refractivity contribution in [3.05, 3.63) is 70.0 Å². The average molecular weight is 319 g/mol. The van der Waals surface area contributed by atoms with Crippen LogP contribution in [-0.2, 0) is 0 Å². The van der Waals surface area contributed by atoms with E-state index in [4.69, 9.17) is 5.26 Å². The molecule has 0 bridgehead atoms. The summed E-state index contributed by atoms with van der Waals surface area (Å²) < 4.78 is 0. The number of nitrogens with one attached hydrogen (secondary N) is 1. The highest BCUT2D eigenvalue weighted by Crippen LogP contribution is 2.29. The van der Waals surface area contributed by atoms with E-state index in [-0.39, 0.29) is 5.91 Å². The Balaban J connectivity index is 1.91. The van der Waals surface area contributed by atoms with E-state index < -0.39 is 0 Å².